The SMILES string of the molecule is CCNC1CCCC1c1ccc(Cl)c(OC)c1. The maximum atomic E-state index is 6.06. The lowest BCUT2D eigenvalue weighted by molar-refractivity contribution is 0.413. The second-order valence-corrected chi connectivity index (χ2v) is 5.00. The third-order valence-electron chi connectivity index (χ3n) is 3.59. The lowest BCUT2D eigenvalue weighted by Gasteiger charge is -2.21. The van der Waals surface area contributed by atoms with Crippen LogP contribution in [-0.2, 0) is 0 Å². The maximum absolute atomic E-state index is 6.06. The third kappa shape index (κ3) is 2.75. The van der Waals surface area contributed by atoms with Crippen molar-refractivity contribution in [3.8, 4) is 5.75 Å². The molecule has 0 saturated heterocycles. The van der Waals surface area contributed by atoms with Crippen LogP contribution in [0.4, 0.5) is 0 Å². The van der Waals surface area contributed by atoms with Gasteiger partial charge in [-0.25, -0.2) is 0 Å². The molecule has 0 bridgehead atoms. The van der Waals surface area contributed by atoms with Crippen LogP contribution in [0.2, 0.25) is 5.02 Å². The Morgan fingerprint density at radius 1 is 1.41 bits per heavy atom. The van der Waals surface area contributed by atoms with Gasteiger partial charge < -0.3 is 10.1 Å². The Morgan fingerprint density at radius 3 is 2.94 bits per heavy atom. The first-order chi connectivity index (χ1) is 8.26. The molecule has 17 heavy (non-hydrogen) atoms. The van der Waals surface area contributed by atoms with Gasteiger partial charge in [-0.3, -0.25) is 0 Å². The van der Waals surface area contributed by atoms with Crippen molar-refractivity contribution in [3.05, 3.63) is 28.8 Å². The van der Waals surface area contributed by atoms with Gasteiger partial charge in [-0.05, 0) is 43.0 Å². The van der Waals surface area contributed by atoms with E-state index in [1.54, 1.807) is 7.11 Å². The van der Waals surface area contributed by atoms with Gasteiger partial charge >= 0.3 is 0 Å². The van der Waals surface area contributed by atoms with E-state index in [0.29, 0.717) is 17.0 Å². The van der Waals surface area contributed by atoms with Crippen molar-refractivity contribution in [2.24, 2.45) is 0 Å². The zero-order valence-electron chi connectivity index (χ0n) is 10.5. The van der Waals surface area contributed by atoms with E-state index in [-0.39, 0.29) is 0 Å². The van der Waals surface area contributed by atoms with E-state index in [2.05, 4.69) is 24.4 Å². The van der Waals surface area contributed by atoms with Crippen LogP contribution in [0.1, 0.15) is 37.7 Å². The molecule has 0 heterocycles. The fourth-order valence-electron chi connectivity index (χ4n) is 2.77. The second-order valence-electron chi connectivity index (χ2n) is 4.60. The van der Waals surface area contributed by atoms with E-state index in [9.17, 15) is 0 Å². The van der Waals surface area contributed by atoms with E-state index in [1.807, 2.05) is 6.07 Å². The first-order valence-corrected chi connectivity index (χ1v) is 6.71. The van der Waals surface area contributed by atoms with Gasteiger partial charge in [0.25, 0.3) is 0 Å². The van der Waals surface area contributed by atoms with Crippen molar-refractivity contribution in [1.29, 1.82) is 0 Å². The summed E-state index contributed by atoms with van der Waals surface area (Å²) in [5.41, 5.74) is 1.34. The zero-order chi connectivity index (χ0) is 12.3. The van der Waals surface area contributed by atoms with Crippen LogP contribution in [0.3, 0.4) is 0 Å². The number of benzene rings is 1. The van der Waals surface area contributed by atoms with Crippen LogP contribution < -0.4 is 10.1 Å². The summed E-state index contributed by atoms with van der Waals surface area (Å²) in [7, 11) is 1.67. The number of rotatable bonds is 4. The summed E-state index contributed by atoms with van der Waals surface area (Å²) < 4.78 is 5.29. The number of methoxy groups -OCH3 is 1. The summed E-state index contributed by atoms with van der Waals surface area (Å²) >= 11 is 6.06. The second kappa shape index (κ2) is 5.74. The fourth-order valence-corrected chi connectivity index (χ4v) is 2.97. The highest BCUT2D eigenvalue weighted by Crippen LogP contribution is 2.37. The standard InChI is InChI=1S/C14H20ClNO/c1-3-16-13-6-4-5-11(13)10-7-8-12(15)14(9-10)17-2/h7-9,11,13,16H,3-6H2,1-2H3. The molecule has 0 aliphatic heterocycles. The van der Waals surface area contributed by atoms with E-state index < -0.39 is 0 Å². The maximum Gasteiger partial charge on any atom is 0.137 e. The minimum absolute atomic E-state index is 0.598. The molecular formula is C14H20ClNO. The molecule has 1 fully saturated rings. The van der Waals surface area contributed by atoms with Gasteiger partial charge in [0, 0.05) is 6.04 Å². The van der Waals surface area contributed by atoms with Crippen molar-refractivity contribution in [2.45, 2.75) is 38.1 Å². The average Bonchev–Trinajstić information content (AvgIpc) is 2.78. The summed E-state index contributed by atoms with van der Waals surface area (Å²) in [6.45, 7) is 3.20. The zero-order valence-corrected chi connectivity index (χ0v) is 11.3. The molecule has 94 valence electrons. The van der Waals surface area contributed by atoms with E-state index in [0.717, 1.165) is 12.3 Å². The Hall–Kier alpha value is -0.730. The largest absolute Gasteiger partial charge is 0.495 e. The molecule has 1 aliphatic rings. The number of nitrogens with one attached hydrogen (secondary N) is 1. The Bertz CT molecular complexity index is 380. The molecule has 3 heteroatoms. The number of likely N-dealkylation sites (N-methyl/N-ethyl adjacent to an activating group) is 1. The number of hydrogen-bond acceptors (Lipinski definition) is 2. The molecule has 1 aromatic carbocycles. The normalized spacial score (nSPS) is 23.9. The highest BCUT2D eigenvalue weighted by atomic mass is 35.5. The van der Waals surface area contributed by atoms with Crippen LogP contribution in [0.5, 0.6) is 5.75 Å². The molecule has 0 amide bonds. The minimum Gasteiger partial charge on any atom is -0.495 e. The van der Waals surface area contributed by atoms with Gasteiger partial charge in [-0.2, -0.15) is 0 Å². The fraction of sp³-hybridized carbons (Fsp3) is 0.571. The van der Waals surface area contributed by atoms with E-state index in [4.69, 9.17) is 16.3 Å². The van der Waals surface area contributed by atoms with E-state index in [1.165, 1.54) is 24.8 Å². The first kappa shape index (κ1) is 12.7. The summed E-state index contributed by atoms with van der Waals surface area (Å²) in [5, 5.41) is 4.26. The summed E-state index contributed by atoms with van der Waals surface area (Å²) in [5.74, 6) is 1.38. The lowest BCUT2D eigenvalue weighted by Crippen LogP contribution is -2.30. The Labute approximate surface area is 108 Å². The summed E-state index contributed by atoms with van der Waals surface area (Å²) in [6, 6.07) is 6.76. The molecule has 1 aliphatic carbocycles. The smallest absolute Gasteiger partial charge is 0.137 e. The minimum atomic E-state index is 0.598. The summed E-state index contributed by atoms with van der Waals surface area (Å²) in [6.07, 6.45) is 3.82. The monoisotopic (exact) mass is 253 g/mol. The van der Waals surface area contributed by atoms with Crippen molar-refractivity contribution in [2.75, 3.05) is 13.7 Å². The predicted molar refractivity (Wildman–Crippen MR) is 72.1 cm³/mol. The quantitative estimate of drug-likeness (QED) is 0.885. The Kier molecular flexibility index (Phi) is 4.30. The molecule has 0 aromatic heterocycles. The van der Waals surface area contributed by atoms with Crippen LogP contribution >= 0.6 is 11.6 Å². The van der Waals surface area contributed by atoms with Crippen LogP contribution in [0.25, 0.3) is 0 Å². The van der Waals surface area contributed by atoms with Gasteiger partial charge in [-0.1, -0.05) is 31.0 Å². The van der Waals surface area contributed by atoms with E-state index >= 15 is 0 Å². The van der Waals surface area contributed by atoms with Crippen molar-refractivity contribution >= 4 is 11.6 Å². The highest BCUT2D eigenvalue weighted by Gasteiger charge is 2.28. The molecule has 2 unspecified atom stereocenters. The third-order valence-corrected chi connectivity index (χ3v) is 3.90. The van der Waals surface area contributed by atoms with Crippen molar-refractivity contribution < 1.29 is 4.74 Å². The van der Waals surface area contributed by atoms with Crippen molar-refractivity contribution in [1.82, 2.24) is 5.32 Å². The molecule has 1 saturated carbocycles. The molecule has 0 spiro atoms. The first-order valence-electron chi connectivity index (χ1n) is 6.33. The Balaban J connectivity index is 2.21. The molecule has 1 N–H and O–H groups in total. The topological polar surface area (TPSA) is 21.3 Å². The predicted octanol–water partition coefficient (Wildman–Crippen LogP) is 3.59. The van der Waals surface area contributed by atoms with Gasteiger partial charge in [0.05, 0.1) is 12.1 Å². The van der Waals surface area contributed by atoms with Crippen LogP contribution in [-0.4, -0.2) is 19.7 Å². The highest BCUT2D eigenvalue weighted by molar-refractivity contribution is 6.32. The molecule has 1 aromatic rings. The van der Waals surface area contributed by atoms with Gasteiger partial charge in [0.1, 0.15) is 5.75 Å². The lowest BCUT2D eigenvalue weighted by atomic mass is 9.94. The average molecular weight is 254 g/mol. The van der Waals surface area contributed by atoms with Gasteiger partial charge in [0.15, 0.2) is 0 Å². The van der Waals surface area contributed by atoms with Gasteiger partial charge in [-0.15, -0.1) is 0 Å². The van der Waals surface area contributed by atoms with Gasteiger partial charge in [0.2, 0.25) is 0 Å². The summed E-state index contributed by atoms with van der Waals surface area (Å²) in [4.78, 5) is 0. The number of hydrogen-bond donors (Lipinski definition) is 1. The number of ether oxygens (including phenoxy) is 1. The van der Waals surface area contributed by atoms with Crippen LogP contribution in [0.15, 0.2) is 18.2 Å². The molecular weight excluding hydrogens is 234 g/mol. The molecule has 0 radical (unpaired) electrons. The van der Waals surface area contributed by atoms with Crippen molar-refractivity contribution in [3.63, 3.8) is 0 Å². The molecule has 2 atom stereocenters. The Morgan fingerprint density at radius 2 is 2.24 bits per heavy atom. The molecule has 2 nitrogen and oxygen atoms in total. The molecule has 2 rings (SSSR count). The van der Waals surface area contributed by atoms with Crippen LogP contribution in [0, 0.1) is 0 Å². The number of halogens is 1.